The lowest BCUT2D eigenvalue weighted by atomic mass is 9.80. The number of carbonyl (C=O) groups excluding carboxylic acids is 2. The van der Waals surface area contributed by atoms with Crippen LogP contribution in [0.25, 0.3) is 0 Å². The fourth-order valence-electron chi connectivity index (χ4n) is 2.08. The van der Waals surface area contributed by atoms with E-state index in [1.165, 1.54) is 12.2 Å². The molecular weight excluding hydrogens is 314 g/mol. The van der Waals surface area contributed by atoms with E-state index in [0.29, 0.717) is 0 Å². The van der Waals surface area contributed by atoms with Crippen LogP contribution in [0, 0.1) is 22.2 Å². The Balaban J connectivity index is 3.28. The van der Waals surface area contributed by atoms with Crippen molar-refractivity contribution >= 4 is 11.8 Å². The smallest absolute Gasteiger partial charge is 0.331 e. The molecule has 0 radical (unpaired) electrons. The van der Waals surface area contributed by atoms with Crippen LogP contribution in [0.15, 0.2) is 42.5 Å². The van der Waals surface area contributed by atoms with Crippen molar-refractivity contribution in [2.75, 3.05) is 0 Å². The first-order valence-corrected chi connectivity index (χ1v) is 8.32. The number of carbonyl (C=O) groups is 2. The molecule has 4 heteroatoms. The first kappa shape index (κ1) is 20.6. The molecule has 0 aliphatic heterocycles. The van der Waals surface area contributed by atoms with E-state index >= 15 is 0 Å². The normalized spacial score (nSPS) is 14.6. The second kappa shape index (κ2) is 7.65. The van der Waals surface area contributed by atoms with Gasteiger partial charge in [-0.15, -0.1) is 0 Å². The van der Waals surface area contributed by atoms with Crippen molar-refractivity contribution in [2.45, 2.75) is 53.6 Å². The van der Waals surface area contributed by atoms with Crippen molar-refractivity contribution in [1.82, 2.24) is 0 Å². The predicted octanol–water partition coefficient (Wildman–Crippen LogP) is 4.25. The topological polar surface area (TPSA) is 67.2 Å². The maximum Gasteiger partial charge on any atom is 0.331 e. The van der Waals surface area contributed by atoms with Gasteiger partial charge in [0.2, 0.25) is 0 Å². The number of benzene rings is 1. The summed E-state index contributed by atoms with van der Waals surface area (Å²) in [5, 5.41) is 9.81. The zero-order valence-corrected chi connectivity index (χ0v) is 15.9. The van der Waals surface area contributed by atoms with E-state index < -0.39 is 22.4 Å². The Kier molecular flexibility index (Phi) is 6.31. The average Bonchev–Trinajstić information content (AvgIpc) is 2.49. The third-order valence-electron chi connectivity index (χ3n) is 3.55. The van der Waals surface area contributed by atoms with E-state index in [2.05, 4.69) is 6.07 Å². The van der Waals surface area contributed by atoms with E-state index in [9.17, 15) is 14.9 Å². The SMILES string of the molecule is CC(C)(C)OC(=O)[C@@](C#N)(/C=C/C(=O)C(C)(C)C)Cc1ccccc1. The lowest BCUT2D eigenvalue weighted by Crippen LogP contribution is -2.37. The van der Waals surface area contributed by atoms with Gasteiger partial charge in [0, 0.05) is 11.8 Å². The molecule has 134 valence electrons. The van der Waals surface area contributed by atoms with E-state index in [-0.39, 0.29) is 12.2 Å². The van der Waals surface area contributed by atoms with Gasteiger partial charge in [-0.25, -0.2) is 4.79 Å². The Bertz CT molecular complexity index is 685. The summed E-state index contributed by atoms with van der Waals surface area (Å²) in [7, 11) is 0. The van der Waals surface area contributed by atoms with Gasteiger partial charge < -0.3 is 4.74 Å². The monoisotopic (exact) mass is 341 g/mol. The van der Waals surface area contributed by atoms with Crippen molar-refractivity contribution in [3.05, 3.63) is 48.0 Å². The van der Waals surface area contributed by atoms with Crippen LogP contribution >= 0.6 is 0 Å². The molecule has 0 aliphatic rings. The first-order valence-electron chi connectivity index (χ1n) is 8.32. The molecule has 1 aromatic carbocycles. The van der Waals surface area contributed by atoms with Gasteiger partial charge in [0.15, 0.2) is 11.2 Å². The number of ketones is 1. The minimum Gasteiger partial charge on any atom is -0.459 e. The maximum absolute atomic E-state index is 12.8. The second-order valence-electron chi connectivity index (χ2n) is 8.20. The van der Waals surface area contributed by atoms with Crippen molar-refractivity contribution in [3.8, 4) is 6.07 Å². The Hall–Kier alpha value is -2.41. The number of rotatable bonds is 5. The molecule has 0 unspecified atom stereocenters. The molecule has 0 heterocycles. The molecular formula is C21H27NO3. The zero-order chi connectivity index (χ0) is 19.3. The molecule has 0 fully saturated rings. The average molecular weight is 341 g/mol. The molecule has 0 aromatic heterocycles. The highest BCUT2D eigenvalue weighted by molar-refractivity contribution is 5.95. The summed E-state index contributed by atoms with van der Waals surface area (Å²) in [6.07, 6.45) is 2.87. The molecule has 0 amide bonds. The Morgan fingerprint density at radius 3 is 2.08 bits per heavy atom. The maximum atomic E-state index is 12.8. The number of hydrogen-bond acceptors (Lipinski definition) is 4. The standard InChI is InChI=1S/C21H27NO3/c1-19(2,3)17(23)12-13-21(15-22,18(24)25-20(4,5)6)14-16-10-8-7-9-11-16/h7-13H,14H2,1-6H3/b13-12+/t21-/m0/s1. The summed E-state index contributed by atoms with van der Waals surface area (Å²) in [6, 6.07) is 11.3. The van der Waals surface area contributed by atoms with Gasteiger partial charge in [-0.05, 0) is 38.5 Å². The van der Waals surface area contributed by atoms with Crippen LogP contribution in [0.5, 0.6) is 0 Å². The van der Waals surface area contributed by atoms with E-state index in [4.69, 9.17) is 4.74 Å². The van der Waals surface area contributed by atoms with Crippen LogP contribution in [-0.4, -0.2) is 17.4 Å². The number of hydrogen-bond donors (Lipinski definition) is 0. The molecule has 25 heavy (non-hydrogen) atoms. The van der Waals surface area contributed by atoms with E-state index in [0.717, 1.165) is 5.56 Å². The first-order chi connectivity index (χ1) is 11.4. The van der Waals surface area contributed by atoms with Gasteiger partial charge in [0.25, 0.3) is 0 Å². The van der Waals surface area contributed by atoms with Crippen molar-refractivity contribution in [1.29, 1.82) is 5.26 Å². The van der Waals surface area contributed by atoms with Crippen LogP contribution < -0.4 is 0 Å². The highest BCUT2D eigenvalue weighted by Crippen LogP contribution is 2.29. The largest absolute Gasteiger partial charge is 0.459 e. The molecule has 1 aromatic rings. The Morgan fingerprint density at radius 2 is 1.64 bits per heavy atom. The second-order valence-corrected chi connectivity index (χ2v) is 8.20. The molecule has 0 spiro atoms. The summed E-state index contributed by atoms with van der Waals surface area (Å²) >= 11 is 0. The number of esters is 1. The number of nitrogens with zero attached hydrogens (tertiary/aromatic N) is 1. The van der Waals surface area contributed by atoms with Crippen LogP contribution in [0.3, 0.4) is 0 Å². The lowest BCUT2D eigenvalue weighted by Gasteiger charge is -2.27. The van der Waals surface area contributed by atoms with Crippen molar-refractivity contribution in [3.63, 3.8) is 0 Å². The summed E-state index contributed by atoms with van der Waals surface area (Å²) in [5.41, 5.74) is -2.03. The van der Waals surface area contributed by atoms with Crippen LogP contribution in [0.4, 0.5) is 0 Å². The minimum atomic E-state index is -1.55. The minimum absolute atomic E-state index is 0.146. The highest BCUT2D eigenvalue weighted by atomic mass is 16.6. The highest BCUT2D eigenvalue weighted by Gasteiger charge is 2.40. The Morgan fingerprint density at radius 1 is 1.08 bits per heavy atom. The summed E-state index contributed by atoms with van der Waals surface area (Å²) in [4.78, 5) is 25.0. The van der Waals surface area contributed by atoms with E-state index in [1.54, 1.807) is 41.5 Å². The summed E-state index contributed by atoms with van der Waals surface area (Å²) < 4.78 is 5.46. The van der Waals surface area contributed by atoms with Crippen molar-refractivity contribution < 1.29 is 14.3 Å². The molecule has 0 saturated heterocycles. The third kappa shape index (κ3) is 6.19. The lowest BCUT2D eigenvalue weighted by molar-refractivity contribution is -0.161. The summed E-state index contributed by atoms with van der Waals surface area (Å²) in [6.45, 7) is 10.6. The third-order valence-corrected chi connectivity index (χ3v) is 3.55. The van der Waals surface area contributed by atoms with E-state index in [1.807, 2.05) is 30.3 Å². The van der Waals surface area contributed by atoms with Crippen LogP contribution in [0.2, 0.25) is 0 Å². The van der Waals surface area contributed by atoms with Gasteiger partial charge in [0.05, 0.1) is 6.07 Å². The fraction of sp³-hybridized carbons (Fsp3) is 0.476. The molecule has 4 nitrogen and oxygen atoms in total. The molecule has 1 rings (SSSR count). The van der Waals surface area contributed by atoms with Crippen molar-refractivity contribution in [2.24, 2.45) is 10.8 Å². The zero-order valence-electron chi connectivity index (χ0n) is 15.9. The van der Waals surface area contributed by atoms with Crippen LogP contribution in [0.1, 0.15) is 47.1 Å². The van der Waals surface area contributed by atoms with Crippen LogP contribution in [-0.2, 0) is 20.7 Å². The number of ether oxygens (including phenoxy) is 1. The fourth-order valence-corrected chi connectivity index (χ4v) is 2.08. The molecule has 0 saturated carbocycles. The number of allylic oxidation sites excluding steroid dienone is 1. The number of nitriles is 1. The predicted molar refractivity (Wildman–Crippen MR) is 97.6 cm³/mol. The quantitative estimate of drug-likeness (QED) is 0.593. The molecule has 0 N–H and O–H groups in total. The molecule has 0 bridgehead atoms. The molecule has 0 aliphatic carbocycles. The van der Waals surface area contributed by atoms with Gasteiger partial charge in [-0.3, -0.25) is 4.79 Å². The van der Waals surface area contributed by atoms with Gasteiger partial charge >= 0.3 is 5.97 Å². The van der Waals surface area contributed by atoms with Gasteiger partial charge in [0.1, 0.15) is 5.60 Å². The summed E-state index contributed by atoms with van der Waals surface area (Å²) in [5.74, 6) is -0.798. The van der Waals surface area contributed by atoms with Gasteiger partial charge in [-0.2, -0.15) is 5.26 Å². The Labute approximate surface area is 150 Å². The molecule has 1 atom stereocenters. The van der Waals surface area contributed by atoms with Gasteiger partial charge in [-0.1, -0.05) is 51.1 Å².